The molecule has 2 aliphatic heterocycles. The Morgan fingerprint density at radius 3 is 2.94 bits per heavy atom. The van der Waals surface area contributed by atoms with Crippen molar-refractivity contribution in [1.29, 1.82) is 0 Å². The van der Waals surface area contributed by atoms with Crippen molar-refractivity contribution in [3.05, 3.63) is 0 Å². The van der Waals surface area contributed by atoms with Crippen LogP contribution in [0.1, 0.15) is 32.1 Å². The normalized spacial score (nSPS) is 28.2. The molecule has 2 heterocycles. The summed E-state index contributed by atoms with van der Waals surface area (Å²) >= 11 is 0. The summed E-state index contributed by atoms with van der Waals surface area (Å²) in [6.07, 6.45) is 6.29. The minimum Gasteiger partial charge on any atom is -0.345 e. The molecule has 0 aromatic heterocycles. The Hall–Kier alpha value is -0.610. The zero-order valence-corrected chi connectivity index (χ0v) is 11.0. The molecule has 0 aromatic rings. The van der Waals surface area contributed by atoms with Gasteiger partial charge in [-0.3, -0.25) is 9.69 Å². The van der Waals surface area contributed by atoms with Gasteiger partial charge in [0.1, 0.15) is 0 Å². The molecule has 1 unspecified atom stereocenters. The highest BCUT2D eigenvalue weighted by atomic mass is 16.2. The predicted molar refractivity (Wildman–Crippen MR) is 69.0 cm³/mol. The molecule has 0 aliphatic carbocycles. The molecule has 0 aromatic carbocycles. The highest BCUT2D eigenvalue weighted by Gasteiger charge is 2.20. The number of nitrogens with zero attached hydrogens (tertiary/aromatic N) is 2. The second-order valence-corrected chi connectivity index (χ2v) is 5.38. The van der Waals surface area contributed by atoms with E-state index in [1.165, 1.54) is 32.2 Å². The van der Waals surface area contributed by atoms with Crippen molar-refractivity contribution in [1.82, 2.24) is 15.1 Å². The third kappa shape index (κ3) is 3.96. The summed E-state index contributed by atoms with van der Waals surface area (Å²) in [5.74, 6) is 0.277. The maximum atomic E-state index is 11.7. The van der Waals surface area contributed by atoms with E-state index in [0.717, 1.165) is 26.1 Å². The highest BCUT2D eigenvalue weighted by Crippen LogP contribution is 2.11. The van der Waals surface area contributed by atoms with Gasteiger partial charge < -0.3 is 10.2 Å². The summed E-state index contributed by atoms with van der Waals surface area (Å²) in [6, 6.07) is 0.680. The fourth-order valence-electron chi connectivity index (χ4n) is 2.75. The molecule has 4 heteroatoms. The first-order valence-corrected chi connectivity index (χ1v) is 6.95. The molecule has 4 nitrogen and oxygen atoms in total. The fraction of sp³-hybridized carbons (Fsp3) is 0.923. The molecule has 0 spiro atoms. The third-order valence-corrected chi connectivity index (χ3v) is 3.96. The first-order chi connectivity index (χ1) is 8.25. The van der Waals surface area contributed by atoms with Gasteiger partial charge in [0, 0.05) is 32.7 Å². The minimum absolute atomic E-state index is 0.277. The van der Waals surface area contributed by atoms with Crippen LogP contribution in [0.15, 0.2) is 0 Å². The fourth-order valence-corrected chi connectivity index (χ4v) is 2.75. The average molecular weight is 239 g/mol. The van der Waals surface area contributed by atoms with Crippen LogP contribution in [-0.4, -0.2) is 61.5 Å². The summed E-state index contributed by atoms with van der Waals surface area (Å²) < 4.78 is 0. The number of hydrogen-bond donors (Lipinski definition) is 1. The minimum atomic E-state index is 0.277. The largest absolute Gasteiger partial charge is 0.345 e. The average Bonchev–Trinajstić information content (AvgIpc) is 2.51. The first-order valence-electron chi connectivity index (χ1n) is 6.95. The molecule has 2 rings (SSSR count). The van der Waals surface area contributed by atoms with Crippen LogP contribution in [0.2, 0.25) is 0 Å². The topological polar surface area (TPSA) is 35.6 Å². The number of nitrogens with one attached hydrogen (secondary N) is 1. The smallest absolute Gasteiger partial charge is 0.236 e. The summed E-state index contributed by atoms with van der Waals surface area (Å²) in [5, 5.41) is 3.57. The van der Waals surface area contributed by atoms with Crippen LogP contribution in [0, 0.1) is 0 Å². The molecule has 1 atom stereocenters. The number of carbonyl (C=O) groups excluding carboxylic acids is 1. The Morgan fingerprint density at radius 1 is 1.29 bits per heavy atom. The van der Waals surface area contributed by atoms with Gasteiger partial charge >= 0.3 is 0 Å². The molecule has 17 heavy (non-hydrogen) atoms. The van der Waals surface area contributed by atoms with Crippen molar-refractivity contribution in [2.45, 2.75) is 38.1 Å². The quantitative estimate of drug-likeness (QED) is 0.787. The number of rotatable bonds is 3. The molecular formula is C13H25N3O. The second-order valence-electron chi connectivity index (χ2n) is 5.38. The van der Waals surface area contributed by atoms with Crippen molar-refractivity contribution in [3.63, 3.8) is 0 Å². The Morgan fingerprint density at radius 2 is 2.18 bits per heavy atom. The molecule has 98 valence electrons. The first kappa shape index (κ1) is 12.8. The Labute approximate surface area is 104 Å². The van der Waals surface area contributed by atoms with Gasteiger partial charge in [0.15, 0.2) is 0 Å². The van der Waals surface area contributed by atoms with E-state index in [2.05, 4.69) is 10.2 Å². The summed E-state index contributed by atoms with van der Waals surface area (Å²) in [7, 11) is 1.91. The van der Waals surface area contributed by atoms with Crippen molar-refractivity contribution < 1.29 is 4.79 Å². The molecule has 2 fully saturated rings. The molecular weight excluding hydrogens is 214 g/mol. The van der Waals surface area contributed by atoms with E-state index in [1.807, 2.05) is 11.9 Å². The molecule has 1 N–H and O–H groups in total. The lowest BCUT2D eigenvalue weighted by Gasteiger charge is -2.26. The van der Waals surface area contributed by atoms with E-state index in [4.69, 9.17) is 0 Å². The summed E-state index contributed by atoms with van der Waals surface area (Å²) in [4.78, 5) is 15.9. The number of amides is 1. The van der Waals surface area contributed by atoms with Crippen LogP contribution < -0.4 is 5.32 Å². The lowest BCUT2D eigenvalue weighted by molar-refractivity contribution is -0.129. The number of hydrogen-bond acceptors (Lipinski definition) is 3. The zero-order valence-electron chi connectivity index (χ0n) is 11.0. The van der Waals surface area contributed by atoms with Gasteiger partial charge in [-0.15, -0.1) is 0 Å². The third-order valence-electron chi connectivity index (χ3n) is 3.96. The van der Waals surface area contributed by atoms with E-state index in [9.17, 15) is 4.79 Å². The Bertz CT molecular complexity index is 251. The van der Waals surface area contributed by atoms with Gasteiger partial charge in [-0.2, -0.15) is 0 Å². The molecule has 2 saturated heterocycles. The van der Waals surface area contributed by atoms with Crippen LogP contribution in [-0.2, 0) is 4.79 Å². The van der Waals surface area contributed by atoms with Gasteiger partial charge in [0.05, 0.1) is 6.54 Å². The monoisotopic (exact) mass is 239 g/mol. The van der Waals surface area contributed by atoms with Crippen LogP contribution in [0.4, 0.5) is 0 Å². The second kappa shape index (κ2) is 6.36. The molecule has 0 bridgehead atoms. The predicted octanol–water partition coefficient (Wildman–Crippen LogP) is 0.683. The van der Waals surface area contributed by atoms with E-state index in [-0.39, 0.29) is 5.91 Å². The molecule has 0 saturated carbocycles. The Kier molecular flexibility index (Phi) is 4.80. The van der Waals surface area contributed by atoms with Crippen LogP contribution in [0.3, 0.4) is 0 Å². The van der Waals surface area contributed by atoms with Crippen LogP contribution in [0.5, 0.6) is 0 Å². The van der Waals surface area contributed by atoms with Crippen molar-refractivity contribution >= 4 is 5.91 Å². The van der Waals surface area contributed by atoms with Gasteiger partial charge in [0.2, 0.25) is 5.91 Å². The van der Waals surface area contributed by atoms with Crippen LogP contribution in [0.25, 0.3) is 0 Å². The number of carbonyl (C=O) groups is 1. The molecule has 2 aliphatic rings. The van der Waals surface area contributed by atoms with Gasteiger partial charge in [0.25, 0.3) is 0 Å². The number of piperidine rings is 1. The van der Waals surface area contributed by atoms with E-state index in [0.29, 0.717) is 12.6 Å². The van der Waals surface area contributed by atoms with E-state index in [1.54, 1.807) is 0 Å². The van der Waals surface area contributed by atoms with E-state index < -0.39 is 0 Å². The maximum absolute atomic E-state index is 11.7. The summed E-state index contributed by atoms with van der Waals surface area (Å²) in [5.41, 5.74) is 0. The molecule has 0 radical (unpaired) electrons. The lowest BCUT2D eigenvalue weighted by atomic mass is 10.0. The SMILES string of the molecule is CN1CCCN(CCC2CCCCN2)CC1=O. The van der Waals surface area contributed by atoms with Crippen molar-refractivity contribution in [2.75, 3.05) is 39.8 Å². The maximum Gasteiger partial charge on any atom is 0.236 e. The van der Waals surface area contributed by atoms with Gasteiger partial charge in [-0.05, 0) is 32.2 Å². The van der Waals surface area contributed by atoms with Crippen molar-refractivity contribution in [3.8, 4) is 0 Å². The summed E-state index contributed by atoms with van der Waals surface area (Å²) in [6.45, 7) is 4.84. The lowest BCUT2D eigenvalue weighted by Crippen LogP contribution is -2.39. The van der Waals surface area contributed by atoms with E-state index >= 15 is 0 Å². The standard InChI is InChI=1S/C13H25N3O/c1-15-8-4-9-16(11-13(15)17)10-6-12-5-2-3-7-14-12/h12,14H,2-11H2,1H3. The zero-order chi connectivity index (χ0) is 12.1. The van der Waals surface area contributed by atoms with Crippen molar-refractivity contribution in [2.24, 2.45) is 0 Å². The van der Waals surface area contributed by atoms with Gasteiger partial charge in [-0.25, -0.2) is 0 Å². The number of likely N-dealkylation sites (N-methyl/N-ethyl adjacent to an activating group) is 1. The Balaban J connectivity index is 1.72. The van der Waals surface area contributed by atoms with Crippen LogP contribution >= 0.6 is 0 Å². The van der Waals surface area contributed by atoms with Gasteiger partial charge in [-0.1, -0.05) is 6.42 Å². The molecule has 1 amide bonds. The highest BCUT2D eigenvalue weighted by molar-refractivity contribution is 5.78.